The molecule has 2 nitrogen and oxygen atoms in total. The Balaban J connectivity index is 1.30. The zero-order valence-electron chi connectivity index (χ0n) is 20.8. The minimum Gasteiger partial charge on any atom is -0.490 e. The van der Waals surface area contributed by atoms with Gasteiger partial charge in [-0.1, -0.05) is 0 Å². The Morgan fingerprint density at radius 2 is 1.15 bits per heavy atom. The topological polar surface area (TPSA) is 21.8 Å². The molecule has 1 saturated heterocycles. The van der Waals surface area contributed by atoms with Gasteiger partial charge in [0.25, 0.3) is 0 Å². The Kier molecular flexibility index (Phi) is 4.16. The molecule has 33 heavy (non-hydrogen) atoms. The summed E-state index contributed by atoms with van der Waals surface area (Å²) in [5.74, 6) is 7.16. The minimum absolute atomic E-state index is 0.329. The maximum absolute atomic E-state index is 6.49. The molecule has 178 valence electrons. The molecule has 0 spiro atoms. The maximum atomic E-state index is 6.49. The van der Waals surface area contributed by atoms with E-state index in [4.69, 9.17) is 9.47 Å². The number of epoxide rings is 1. The van der Waals surface area contributed by atoms with Crippen LogP contribution in [0.15, 0.2) is 6.07 Å². The van der Waals surface area contributed by atoms with Crippen LogP contribution in [0.3, 0.4) is 0 Å². The molecule has 0 amide bonds. The van der Waals surface area contributed by atoms with Crippen LogP contribution in [-0.2, 0) is 15.6 Å². The number of hydrogen-bond acceptors (Lipinski definition) is 2. The van der Waals surface area contributed by atoms with Crippen molar-refractivity contribution in [3.63, 3.8) is 0 Å². The highest BCUT2D eigenvalue weighted by Gasteiger charge is 2.57. The SMILES string of the molecule is Cc1cc(OCC2CO2)c(C)c(C23CC4CC(CC(C4)C2)C3)c1C12CC3CC(CC(C3)C1)C2. The van der Waals surface area contributed by atoms with Gasteiger partial charge in [-0.25, -0.2) is 0 Å². The first-order chi connectivity index (χ1) is 16.0. The average molecular weight is 447 g/mol. The monoisotopic (exact) mass is 446 g/mol. The van der Waals surface area contributed by atoms with E-state index < -0.39 is 0 Å². The highest BCUT2D eigenvalue weighted by Crippen LogP contribution is 2.66. The molecule has 1 unspecified atom stereocenters. The lowest BCUT2D eigenvalue weighted by Crippen LogP contribution is -2.53. The van der Waals surface area contributed by atoms with E-state index in [9.17, 15) is 0 Å². The van der Waals surface area contributed by atoms with Gasteiger partial charge in [0.15, 0.2) is 0 Å². The van der Waals surface area contributed by atoms with E-state index in [0.29, 0.717) is 16.9 Å². The van der Waals surface area contributed by atoms with Crippen molar-refractivity contribution in [3.05, 3.63) is 28.3 Å². The number of aryl methyl sites for hydroxylation is 1. The van der Waals surface area contributed by atoms with Gasteiger partial charge in [0.2, 0.25) is 0 Å². The van der Waals surface area contributed by atoms with Gasteiger partial charge in [0, 0.05) is 0 Å². The fourth-order valence-corrected chi connectivity index (χ4v) is 11.6. The smallest absolute Gasteiger partial charge is 0.122 e. The van der Waals surface area contributed by atoms with Gasteiger partial charge in [-0.15, -0.1) is 0 Å². The zero-order chi connectivity index (χ0) is 21.9. The molecule has 1 heterocycles. The van der Waals surface area contributed by atoms with Crippen LogP contribution in [-0.4, -0.2) is 19.3 Å². The van der Waals surface area contributed by atoms with Gasteiger partial charge >= 0.3 is 0 Å². The van der Waals surface area contributed by atoms with Crippen LogP contribution in [0.4, 0.5) is 0 Å². The third kappa shape index (κ3) is 3.01. The molecule has 0 radical (unpaired) electrons. The second-order valence-corrected chi connectivity index (χ2v) is 14.2. The molecule has 0 N–H and O–H groups in total. The van der Waals surface area contributed by atoms with Crippen LogP contribution in [0, 0.1) is 49.4 Å². The van der Waals surface area contributed by atoms with E-state index in [1.807, 2.05) is 11.1 Å². The van der Waals surface area contributed by atoms with Crippen molar-refractivity contribution >= 4 is 0 Å². The summed E-state index contributed by atoms with van der Waals surface area (Å²) in [7, 11) is 0. The van der Waals surface area contributed by atoms with Crippen LogP contribution in [0.5, 0.6) is 5.75 Å². The molecule has 8 aliphatic carbocycles. The summed E-state index contributed by atoms with van der Waals surface area (Å²) >= 11 is 0. The van der Waals surface area contributed by atoms with E-state index in [-0.39, 0.29) is 0 Å². The van der Waals surface area contributed by atoms with Crippen molar-refractivity contribution in [2.45, 2.75) is 108 Å². The molecule has 1 aromatic carbocycles. The van der Waals surface area contributed by atoms with Crippen molar-refractivity contribution in [1.82, 2.24) is 0 Å². The summed E-state index contributed by atoms with van der Waals surface area (Å²) in [6.07, 6.45) is 18.4. The second kappa shape index (κ2) is 6.80. The van der Waals surface area contributed by atoms with E-state index in [1.54, 1.807) is 5.56 Å². The molecular formula is C31H42O2. The molecule has 9 fully saturated rings. The first kappa shape index (κ1) is 20.2. The predicted octanol–water partition coefficient (Wildman–Crippen LogP) is 7.02. The molecular weight excluding hydrogens is 404 g/mol. The van der Waals surface area contributed by atoms with Crippen LogP contribution in [0.2, 0.25) is 0 Å². The van der Waals surface area contributed by atoms with Gasteiger partial charge in [0.1, 0.15) is 18.5 Å². The predicted molar refractivity (Wildman–Crippen MR) is 131 cm³/mol. The van der Waals surface area contributed by atoms with Crippen molar-refractivity contribution in [1.29, 1.82) is 0 Å². The van der Waals surface area contributed by atoms with Crippen molar-refractivity contribution < 1.29 is 9.47 Å². The van der Waals surface area contributed by atoms with Gasteiger partial charge < -0.3 is 9.47 Å². The molecule has 0 aromatic heterocycles. The lowest BCUT2D eigenvalue weighted by Gasteiger charge is -2.61. The second-order valence-electron chi connectivity index (χ2n) is 14.2. The van der Waals surface area contributed by atoms with E-state index in [0.717, 1.165) is 48.7 Å². The minimum atomic E-state index is 0.329. The van der Waals surface area contributed by atoms with Gasteiger partial charge in [-0.3, -0.25) is 0 Å². The molecule has 1 aromatic rings. The molecule has 8 bridgehead atoms. The quantitative estimate of drug-likeness (QED) is 0.453. The van der Waals surface area contributed by atoms with Crippen molar-refractivity contribution in [2.75, 3.05) is 13.2 Å². The number of hydrogen-bond donors (Lipinski definition) is 0. The van der Waals surface area contributed by atoms with Crippen LogP contribution >= 0.6 is 0 Å². The van der Waals surface area contributed by atoms with Gasteiger partial charge in [-0.2, -0.15) is 0 Å². The molecule has 9 aliphatic rings. The summed E-state index contributed by atoms with van der Waals surface area (Å²) in [5.41, 5.74) is 7.69. The van der Waals surface area contributed by atoms with Gasteiger partial charge in [-0.05, 0) is 166 Å². The summed E-state index contributed by atoms with van der Waals surface area (Å²) in [5, 5.41) is 0. The molecule has 1 aliphatic heterocycles. The normalized spacial score (nSPS) is 48.5. The third-order valence-electron chi connectivity index (χ3n) is 11.7. The Hall–Kier alpha value is -1.02. The molecule has 10 rings (SSSR count). The highest BCUT2D eigenvalue weighted by atomic mass is 16.6. The highest BCUT2D eigenvalue weighted by molar-refractivity contribution is 5.56. The lowest BCUT2D eigenvalue weighted by molar-refractivity contribution is -0.0180. The van der Waals surface area contributed by atoms with Crippen LogP contribution in [0.25, 0.3) is 0 Å². The molecule has 1 atom stereocenters. The number of ether oxygens (including phenoxy) is 2. The molecule has 2 heteroatoms. The third-order valence-corrected chi connectivity index (χ3v) is 11.7. The summed E-state index contributed by atoms with van der Waals surface area (Å²) in [6, 6.07) is 2.45. The fourth-order valence-electron chi connectivity index (χ4n) is 11.6. The van der Waals surface area contributed by atoms with E-state index >= 15 is 0 Å². The van der Waals surface area contributed by atoms with E-state index in [2.05, 4.69) is 19.9 Å². The zero-order valence-corrected chi connectivity index (χ0v) is 20.8. The van der Waals surface area contributed by atoms with Gasteiger partial charge in [0.05, 0.1) is 6.61 Å². The largest absolute Gasteiger partial charge is 0.490 e. The van der Waals surface area contributed by atoms with E-state index in [1.165, 1.54) is 88.4 Å². The Morgan fingerprint density at radius 1 is 0.727 bits per heavy atom. The Labute approximate surface area is 200 Å². The molecule has 8 saturated carbocycles. The standard InChI is InChI=1S/C31H42O2/c1-18-3-27(33-17-26-16-32-26)19(2)29(31-13-23-7-24(14-31)9-25(8-23)15-31)28(18)30-10-20-4-21(11-30)6-22(5-20)12-30/h3,20-26H,4-17H2,1-2H3. The Morgan fingerprint density at radius 3 is 1.58 bits per heavy atom. The van der Waals surface area contributed by atoms with Crippen molar-refractivity contribution in [3.8, 4) is 5.75 Å². The number of benzene rings is 1. The first-order valence-corrected chi connectivity index (χ1v) is 14.4. The lowest BCUT2D eigenvalue weighted by atomic mass is 9.43. The summed E-state index contributed by atoms with van der Waals surface area (Å²) < 4.78 is 12.0. The van der Waals surface area contributed by atoms with Crippen LogP contribution in [0.1, 0.15) is 99.3 Å². The Bertz CT molecular complexity index is 915. The summed E-state index contributed by atoms with van der Waals surface area (Å²) in [6.45, 7) is 6.51. The van der Waals surface area contributed by atoms with Crippen molar-refractivity contribution in [2.24, 2.45) is 35.5 Å². The maximum Gasteiger partial charge on any atom is 0.122 e. The average Bonchev–Trinajstić information content (AvgIpc) is 3.56. The number of rotatable bonds is 5. The first-order valence-electron chi connectivity index (χ1n) is 14.4. The van der Waals surface area contributed by atoms with Crippen LogP contribution < -0.4 is 4.74 Å². The summed E-state index contributed by atoms with van der Waals surface area (Å²) in [4.78, 5) is 0. The fraction of sp³-hybridized carbons (Fsp3) is 0.806.